The number of benzene rings is 4. The van der Waals surface area contributed by atoms with Crippen molar-refractivity contribution in [3.63, 3.8) is 0 Å². The summed E-state index contributed by atoms with van der Waals surface area (Å²) < 4.78 is 29.0. The van der Waals surface area contributed by atoms with Gasteiger partial charge in [-0.25, -0.2) is 0 Å². The fourth-order valence-electron chi connectivity index (χ4n) is 9.03. The molecule has 4 aromatic rings. The minimum atomic E-state index is -3.49. The maximum atomic E-state index is 11.8. The zero-order valence-corrected chi connectivity index (χ0v) is 34.0. The number of hydrogen-bond donors (Lipinski definition) is 1. The summed E-state index contributed by atoms with van der Waals surface area (Å²) in [5.74, 6) is 0.760. The summed E-state index contributed by atoms with van der Waals surface area (Å²) in [6.45, 7) is 3.03. The van der Waals surface area contributed by atoms with Crippen LogP contribution in [0.15, 0.2) is 91.0 Å². The molecule has 0 aromatic heterocycles. The molecule has 4 aromatic carbocycles. The van der Waals surface area contributed by atoms with Crippen molar-refractivity contribution in [2.45, 2.75) is 102 Å². The topological polar surface area (TPSA) is 55.4 Å². The Balaban J connectivity index is 1.39. The second-order valence-corrected chi connectivity index (χ2v) is 24.7. The highest BCUT2D eigenvalue weighted by atomic mass is 32.2. The smallest absolute Gasteiger partial charge is 0.264 e. The van der Waals surface area contributed by atoms with Crippen molar-refractivity contribution in [3.8, 4) is 22.3 Å². The summed E-state index contributed by atoms with van der Waals surface area (Å²) in [7, 11) is -0.713. The maximum absolute atomic E-state index is 11.8. The molecule has 3 aliphatic carbocycles. The van der Waals surface area contributed by atoms with E-state index in [0.29, 0.717) is 6.42 Å². The Morgan fingerprint density at radius 2 is 1.44 bits per heavy atom. The average molecular weight is 746 g/mol. The summed E-state index contributed by atoms with van der Waals surface area (Å²) in [6, 6.07) is 34.3. The highest BCUT2D eigenvalue weighted by molar-refractivity contribution is 8.38. The number of anilines is 1. The van der Waals surface area contributed by atoms with Gasteiger partial charge in [0.1, 0.15) is 5.30 Å². The van der Waals surface area contributed by atoms with E-state index in [1.165, 1.54) is 96.2 Å². The first-order valence-corrected chi connectivity index (χ1v) is 24.9. The van der Waals surface area contributed by atoms with Crippen molar-refractivity contribution in [2.75, 3.05) is 11.6 Å². The van der Waals surface area contributed by atoms with Crippen molar-refractivity contribution in [3.05, 3.63) is 96.6 Å². The molecule has 0 saturated heterocycles. The fourth-order valence-corrected chi connectivity index (χ4v) is 21.8. The predicted molar refractivity (Wildman–Crippen MR) is 224 cm³/mol. The molecule has 0 radical (unpaired) electrons. The number of para-hydroxylation sites is 1. The second-order valence-electron chi connectivity index (χ2n) is 15.1. The Bertz CT molecular complexity index is 1910. The Hall–Kier alpha value is -2.12. The first-order chi connectivity index (χ1) is 24.1. The molecular formula is C42H54NO3P3S+2. The molecule has 8 heteroatoms. The highest BCUT2D eigenvalue weighted by Gasteiger charge is 2.56. The Kier molecular flexibility index (Phi) is 11.2. The quantitative estimate of drug-likeness (QED) is 0.123. The van der Waals surface area contributed by atoms with E-state index < -0.39 is 17.1 Å². The minimum absolute atomic E-state index is 0.0111. The molecule has 4 nitrogen and oxygen atoms in total. The van der Waals surface area contributed by atoms with Crippen LogP contribution >= 0.6 is 24.5 Å². The molecule has 3 aliphatic rings. The van der Waals surface area contributed by atoms with Gasteiger partial charge in [0.2, 0.25) is 0 Å². The van der Waals surface area contributed by atoms with Gasteiger partial charge in [-0.15, -0.1) is 0 Å². The van der Waals surface area contributed by atoms with Gasteiger partial charge >= 0.3 is 0 Å². The van der Waals surface area contributed by atoms with Crippen molar-refractivity contribution in [1.29, 1.82) is 0 Å². The third kappa shape index (κ3) is 7.80. The molecule has 0 bridgehead atoms. The molecule has 7 rings (SSSR count). The van der Waals surface area contributed by atoms with Gasteiger partial charge in [-0.05, 0) is 93.5 Å². The number of rotatable bonds is 11. The maximum Gasteiger partial charge on any atom is 0.264 e. The van der Waals surface area contributed by atoms with Gasteiger partial charge < -0.3 is 5.32 Å². The second kappa shape index (κ2) is 15.5. The van der Waals surface area contributed by atoms with E-state index in [-0.39, 0.29) is 12.1 Å². The highest BCUT2D eigenvalue weighted by Crippen LogP contribution is 2.83. The van der Waals surface area contributed by atoms with Crippen LogP contribution in [0.1, 0.15) is 76.7 Å². The van der Waals surface area contributed by atoms with Crippen LogP contribution < -0.4 is 21.2 Å². The van der Waals surface area contributed by atoms with Gasteiger partial charge in [-0.3, -0.25) is 4.18 Å². The van der Waals surface area contributed by atoms with E-state index in [1.807, 2.05) is 9.24 Å². The number of aryl methyl sites for hydroxylation is 1. The van der Waals surface area contributed by atoms with E-state index in [9.17, 15) is 8.42 Å². The molecule has 7 unspecified atom stereocenters. The molecule has 0 aliphatic heterocycles. The van der Waals surface area contributed by atoms with Crippen LogP contribution in [0.5, 0.6) is 0 Å². The molecule has 1 N–H and O–H groups in total. The SMILES string of the molecule is Cc1cccc([PH3+])c1-c1ccccc1[P+](Pc1ccccc1-c1ccccc1NC1CC1OS(C)(=O)=O)(C1CCCCC1)C1CCCC(C)C1. The Labute approximate surface area is 305 Å². The molecule has 264 valence electrons. The van der Waals surface area contributed by atoms with E-state index in [1.54, 1.807) is 5.30 Å². The molecule has 50 heavy (non-hydrogen) atoms. The zero-order chi connectivity index (χ0) is 34.9. The van der Waals surface area contributed by atoms with Crippen molar-refractivity contribution >= 4 is 56.2 Å². The van der Waals surface area contributed by atoms with Crippen LogP contribution in [0.2, 0.25) is 0 Å². The summed E-state index contributed by atoms with van der Waals surface area (Å²) in [5.41, 5.74) is 9.35. The molecule has 7 atom stereocenters. The van der Waals surface area contributed by atoms with Gasteiger partial charge in [-0.2, -0.15) is 8.42 Å². The van der Waals surface area contributed by atoms with Gasteiger partial charge in [0.15, 0.2) is 0 Å². The predicted octanol–water partition coefficient (Wildman–Crippen LogP) is 9.56. The van der Waals surface area contributed by atoms with Crippen LogP contribution in [0, 0.1) is 12.8 Å². The minimum Gasteiger partial charge on any atom is -0.379 e. The standard InChI is InChI=1S/C42H53NO3P3S/c1-29-15-13-19-32(27-29)49(31-17-5-4-6-18-31,41-26-12-9-22-35(41)42-30(2)16-14-24-39(42)47)48-40-25-11-8-21-34(40)33-20-7-10-23-36(33)43-37-28-38(37)46-50(3,44)45/h7-12,14,16,20-26,29,31-32,37-38,43,48H,4-6,13,15,17-19,27-28,47H2,1-3H3/q+1/p+1. The third-order valence-corrected chi connectivity index (χ3v) is 22.8. The molecule has 0 heterocycles. The van der Waals surface area contributed by atoms with E-state index >= 15 is 0 Å². The van der Waals surface area contributed by atoms with Crippen LogP contribution in [0.25, 0.3) is 22.3 Å². The van der Waals surface area contributed by atoms with Crippen LogP contribution in [-0.4, -0.2) is 38.1 Å². The van der Waals surface area contributed by atoms with E-state index in [4.69, 9.17) is 4.18 Å². The Morgan fingerprint density at radius 3 is 2.18 bits per heavy atom. The van der Waals surface area contributed by atoms with Gasteiger partial charge in [-0.1, -0.05) is 92.6 Å². The first-order valence-electron chi connectivity index (χ1n) is 18.7. The summed E-state index contributed by atoms with van der Waals surface area (Å²) in [6.07, 6.45) is 13.6. The third-order valence-electron chi connectivity index (χ3n) is 11.4. The first kappa shape index (κ1) is 36.2. The lowest BCUT2D eigenvalue weighted by Gasteiger charge is -2.45. The van der Waals surface area contributed by atoms with Crippen LogP contribution in [-0.2, 0) is 14.3 Å². The molecule has 0 amide bonds. The molecule has 3 fully saturated rings. The summed E-state index contributed by atoms with van der Waals surface area (Å²) in [5, 5.41) is 8.25. The van der Waals surface area contributed by atoms with E-state index in [0.717, 1.165) is 37.4 Å². The van der Waals surface area contributed by atoms with Gasteiger partial charge in [0, 0.05) is 36.9 Å². The van der Waals surface area contributed by atoms with Gasteiger partial charge in [0.25, 0.3) is 10.1 Å². The van der Waals surface area contributed by atoms with Crippen LogP contribution in [0.4, 0.5) is 5.69 Å². The molecular weight excluding hydrogens is 691 g/mol. The lowest BCUT2D eigenvalue weighted by Crippen LogP contribution is -2.35. The lowest BCUT2D eigenvalue weighted by atomic mass is 9.90. The van der Waals surface area contributed by atoms with Crippen LogP contribution in [0.3, 0.4) is 0 Å². The van der Waals surface area contributed by atoms with Crippen molar-refractivity contribution < 1.29 is 12.6 Å². The lowest BCUT2D eigenvalue weighted by molar-refractivity contribution is 0.305. The fraction of sp³-hybridized carbons (Fsp3) is 0.429. The van der Waals surface area contributed by atoms with E-state index in [2.05, 4.69) is 110 Å². The zero-order valence-electron chi connectivity index (χ0n) is 29.9. The normalized spacial score (nSPS) is 24.3. The average Bonchev–Trinajstić information content (AvgIpc) is 3.83. The summed E-state index contributed by atoms with van der Waals surface area (Å²) >= 11 is 0. The molecule has 0 spiro atoms. The number of hydrogen-bond acceptors (Lipinski definition) is 4. The summed E-state index contributed by atoms with van der Waals surface area (Å²) in [4.78, 5) is 0. The Morgan fingerprint density at radius 1 is 0.760 bits per heavy atom. The monoisotopic (exact) mass is 745 g/mol. The molecule has 3 saturated carbocycles. The largest absolute Gasteiger partial charge is 0.379 e. The van der Waals surface area contributed by atoms with Crippen molar-refractivity contribution in [2.24, 2.45) is 5.92 Å². The van der Waals surface area contributed by atoms with Crippen molar-refractivity contribution in [1.82, 2.24) is 0 Å². The van der Waals surface area contributed by atoms with Gasteiger partial charge in [0.05, 0.1) is 50.2 Å². The number of nitrogens with one attached hydrogen (secondary N) is 1.